The number of carbonyl (C=O) groups is 1. The van der Waals surface area contributed by atoms with Crippen LogP contribution in [0.5, 0.6) is 0 Å². The molecule has 2 amide bonds. The van der Waals surface area contributed by atoms with E-state index in [1.165, 1.54) is 0 Å². The molecule has 3 rings (SSSR count). The van der Waals surface area contributed by atoms with Crippen LogP contribution < -0.4 is 10.6 Å². The van der Waals surface area contributed by atoms with E-state index >= 15 is 0 Å². The lowest BCUT2D eigenvalue weighted by atomic mass is 10.2. The molecule has 0 unspecified atom stereocenters. The molecule has 5 heteroatoms. The number of aryl methyl sites for hydroxylation is 1. The van der Waals surface area contributed by atoms with Crippen LogP contribution in [-0.4, -0.2) is 10.6 Å². The third-order valence-electron chi connectivity index (χ3n) is 3.38. The molecule has 21 heavy (non-hydrogen) atoms. The van der Waals surface area contributed by atoms with Crippen molar-refractivity contribution < 1.29 is 4.79 Å². The van der Waals surface area contributed by atoms with Gasteiger partial charge in [0.1, 0.15) is 0 Å². The number of aromatic nitrogens is 1. The maximum absolute atomic E-state index is 12.0. The Labute approximate surface area is 127 Å². The van der Waals surface area contributed by atoms with Crippen molar-refractivity contribution in [2.24, 2.45) is 0 Å². The minimum Gasteiger partial charge on any atom is -0.346 e. The van der Waals surface area contributed by atoms with Gasteiger partial charge >= 0.3 is 6.03 Å². The monoisotopic (exact) mass is 299 g/mol. The highest BCUT2D eigenvalue weighted by atomic mass is 32.1. The highest BCUT2D eigenvalue weighted by molar-refractivity contribution is 7.09. The topological polar surface area (TPSA) is 46.1 Å². The fourth-order valence-electron chi connectivity index (χ4n) is 2.36. The summed E-state index contributed by atoms with van der Waals surface area (Å²) in [6.45, 7) is 3.52. The van der Waals surface area contributed by atoms with Crippen molar-refractivity contribution in [3.63, 3.8) is 0 Å². The molecule has 1 aromatic carbocycles. The molecule has 2 aromatic heterocycles. The fraction of sp³-hybridized carbons (Fsp3) is 0.188. The molecule has 0 radical (unpaired) electrons. The van der Waals surface area contributed by atoms with E-state index in [1.807, 2.05) is 41.9 Å². The molecule has 0 fully saturated rings. The van der Waals surface area contributed by atoms with Gasteiger partial charge < -0.3 is 15.2 Å². The molecule has 0 aliphatic carbocycles. The number of nitrogens with one attached hydrogen (secondary N) is 2. The number of rotatable bonds is 4. The van der Waals surface area contributed by atoms with Gasteiger partial charge in [0.05, 0.1) is 17.7 Å². The predicted octanol–water partition coefficient (Wildman–Crippen LogP) is 4.04. The summed E-state index contributed by atoms with van der Waals surface area (Å²) in [7, 11) is 0. The molecule has 0 atom stereocenters. The number of hydrogen-bond donors (Lipinski definition) is 2. The van der Waals surface area contributed by atoms with Crippen LogP contribution in [0, 0.1) is 0 Å². The van der Waals surface area contributed by atoms with Gasteiger partial charge in [-0.2, -0.15) is 0 Å². The van der Waals surface area contributed by atoms with Gasteiger partial charge in [0.25, 0.3) is 0 Å². The predicted molar refractivity (Wildman–Crippen MR) is 87.8 cm³/mol. The maximum Gasteiger partial charge on any atom is 0.319 e. The summed E-state index contributed by atoms with van der Waals surface area (Å²) < 4.78 is 2.13. The zero-order valence-corrected chi connectivity index (χ0v) is 12.6. The Bertz CT molecular complexity index is 746. The molecule has 0 saturated heterocycles. The Morgan fingerprint density at radius 2 is 2.10 bits per heavy atom. The van der Waals surface area contributed by atoms with Gasteiger partial charge in [0.15, 0.2) is 0 Å². The van der Waals surface area contributed by atoms with Gasteiger partial charge in [0, 0.05) is 23.0 Å². The molecule has 0 spiro atoms. The van der Waals surface area contributed by atoms with Crippen molar-refractivity contribution in [2.45, 2.75) is 20.0 Å². The summed E-state index contributed by atoms with van der Waals surface area (Å²) in [5.41, 5.74) is 1.98. The molecule has 0 aliphatic heterocycles. The lowest BCUT2D eigenvalue weighted by Crippen LogP contribution is -2.27. The number of carbonyl (C=O) groups excluding carboxylic acids is 1. The van der Waals surface area contributed by atoms with Gasteiger partial charge in [0.2, 0.25) is 0 Å². The van der Waals surface area contributed by atoms with E-state index in [0.717, 1.165) is 28.0 Å². The summed E-state index contributed by atoms with van der Waals surface area (Å²) in [5.74, 6) is 0. The smallest absolute Gasteiger partial charge is 0.319 e. The molecule has 108 valence electrons. The summed E-state index contributed by atoms with van der Waals surface area (Å²) in [6, 6.07) is 11.9. The Kier molecular flexibility index (Phi) is 3.92. The van der Waals surface area contributed by atoms with Crippen LogP contribution in [0.1, 0.15) is 11.8 Å². The zero-order chi connectivity index (χ0) is 14.7. The quantitative estimate of drug-likeness (QED) is 0.750. The molecular weight excluding hydrogens is 282 g/mol. The van der Waals surface area contributed by atoms with Crippen molar-refractivity contribution in [2.75, 3.05) is 5.32 Å². The van der Waals surface area contributed by atoms with Crippen molar-refractivity contribution in [3.05, 3.63) is 52.9 Å². The van der Waals surface area contributed by atoms with Gasteiger partial charge in [-0.15, -0.1) is 11.3 Å². The van der Waals surface area contributed by atoms with E-state index < -0.39 is 0 Å². The molecule has 2 N–H and O–H groups in total. The lowest BCUT2D eigenvalue weighted by Gasteiger charge is -2.05. The number of amides is 2. The van der Waals surface area contributed by atoms with Crippen molar-refractivity contribution in [1.29, 1.82) is 0 Å². The van der Waals surface area contributed by atoms with E-state index in [4.69, 9.17) is 0 Å². The number of benzene rings is 1. The number of urea groups is 1. The average Bonchev–Trinajstić information content (AvgIpc) is 3.13. The summed E-state index contributed by atoms with van der Waals surface area (Å²) in [6.07, 6.45) is 1.98. The second kappa shape index (κ2) is 6.01. The largest absolute Gasteiger partial charge is 0.346 e. The van der Waals surface area contributed by atoms with Crippen molar-refractivity contribution in [1.82, 2.24) is 9.88 Å². The molecule has 0 bridgehead atoms. The number of thiophene rings is 1. The first-order valence-electron chi connectivity index (χ1n) is 6.93. The minimum atomic E-state index is -0.178. The van der Waals surface area contributed by atoms with Gasteiger partial charge in [-0.1, -0.05) is 24.3 Å². The maximum atomic E-state index is 12.0. The first-order valence-corrected chi connectivity index (χ1v) is 7.81. The Morgan fingerprint density at radius 3 is 2.86 bits per heavy atom. The van der Waals surface area contributed by atoms with Crippen molar-refractivity contribution in [3.8, 4) is 0 Å². The van der Waals surface area contributed by atoms with Crippen LogP contribution in [0.2, 0.25) is 0 Å². The van der Waals surface area contributed by atoms with Crippen LogP contribution in [0.4, 0.5) is 10.5 Å². The number of nitrogens with zero attached hydrogens (tertiary/aromatic N) is 1. The normalized spacial score (nSPS) is 10.7. The highest BCUT2D eigenvalue weighted by Crippen LogP contribution is 2.25. The number of hydrogen-bond acceptors (Lipinski definition) is 2. The van der Waals surface area contributed by atoms with Crippen LogP contribution in [0.3, 0.4) is 0 Å². The van der Waals surface area contributed by atoms with Gasteiger partial charge in [-0.05, 0) is 24.4 Å². The number of fused-ring (bicyclic) bond motifs is 1. The first kappa shape index (κ1) is 13.7. The number of anilines is 1. The Balaban J connectivity index is 1.73. The van der Waals surface area contributed by atoms with E-state index in [-0.39, 0.29) is 6.03 Å². The summed E-state index contributed by atoms with van der Waals surface area (Å²) in [5, 5.41) is 8.88. The first-order chi connectivity index (χ1) is 10.3. The van der Waals surface area contributed by atoms with E-state index in [9.17, 15) is 4.79 Å². The van der Waals surface area contributed by atoms with E-state index in [1.54, 1.807) is 11.3 Å². The van der Waals surface area contributed by atoms with E-state index in [2.05, 4.69) is 28.2 Å². The zero-order valence-electron chi connectivity index (χ0n) is 11.8. The highest BCUT2D eigenvalue weighted by Gasteiger charge is 2.09. The number of para-hydroxylation sites is 1. The minimum absolute atomic E-state index is 0.178. The van der Waals surface area contributed by atoms with Gasteiger partial charge in [-0.3, -0.25) is 0 Å². The lowest BCUT2D eigenvalue weighted by molar-refractivity contribution is 0.252. The third-order valence-corrected chi connectivity index (χ3v) is 4.26. The van der Waals surface area contributed by atoms with Crippen LogP contribution in [0.15, 0.2) is 48.0 Å². The fourth-order valence-corrected chi connectivity index (χ4v) is 3.00. The molecular formula is C16H17N3OS. The Morgan fingerprint density at radius 1 is 1.24 bits per heavy atom. The van der Waals surface area contributed by atoms with Gasteiger partial charge in [-0.25, -0.2) is 4.79 Å². The van der Waals surface area contributed by atoms with Crippen LogP contribution >= 0.6 is 11.3 Å². The average molecular weight is 299 g/mol. The third kappa shape index (κ3) is 2.92. The second-order valence-corrected chi connectivity index (χ2v) is 5.77. The van der Waals surface area contributed by atoms with Crippen LogP contribution in [0.25, 0.3) is 10.9 Å². The van der Waals surface area contributed by atoms with Crippen LogP contribution in [-0.2, 0) is 13.1 Å². The molecule has 0 saturated carbocycles. The molecule has 2 heterocycles. The second-order valence-electron chi connectivity index (χ2n) is 4.73. The SMILES string of the molecule is CCn1cc(NC(=O)NCc2cccs2)c2ccccc21. The molecule has 4 nitrogen and oxygen atoms in total. The molecule has 0 aliphatic rings. The Hall–Kier alpha value is -2.27. The molecule has 3 aromatic rings. The summed E-state index contributed by atoms with van der Waals surface area (Å²) in [4.78, 5) is 13.2. The van der Waals surface area contributed by atoms with E-state index in [0.29, 0.717) is 6.54 Å². The van der Waals surface area contributed by atoms with Crippen molar-refractivity contribution >= 4 is 34.0 Å². The summed E-state index contributed by atoms with van der Waals surface area (Å²) >= 11 is 1.63. The standard InChI is InChI=1S/C16H17N3OS/c1-2-19-11-14(13-7-3-4-8-15(13)19)18-16(20)17-10-12-6-5-9-21-12/h3-9,11H,2,10H2,1H3,(H2,17,18,20).